The standard InChI is InChI=1S/C17H26F2N2O.ClH/c1-3-4-5-6-16(21-9-7-20-8-10-21)17-14(18)11-13(22-2)12-15(17)19;/h11-12,16,20H,3-10H2,1-2H3;1H/t16-;/m0./s1. The number of nitrogens with zero attached hydrogens (tertiary/aromatic N) is 1. The Bertz CT molecular complexity index is 459. The number of rotatable bonds is 7. The molecule has 0 spiro atoms. The number of nitrogens with one attached hydrogen (secondary N) is 1. The van der Waals surface area contributed by atoms with Crippen LogP contribution in [0.5, 0.6) is 5.75 Å². The van der Waals surface area contributed by atoms with Crippen molar-refractivity contribution in [3.05, 3.63) is 29.3 Å². The van der Waals surface area contributed by atoms with Crippen LogP contribution in [0.1, 0.15) is 44.2 Å². The van der Waals surface area contributed by atoms with E-state index in [2.05, 4.69) is 17.1 Å². The molecular weight excluding hydrogens is 322 g/mol. The average Bonchev–Trinajstić information content (AvgIpc) is 2.53. The zero-order valence-corrected chi connectivity index (χ0v) is 14.7. The van der Waals surface area contributed by atoms with Crippen LogP contribution in [0.3, 0.4) is 0 Å². The highest BCUT2D eigenvalue weighted by molar-refractivity contribution is 5.85. The van der Waals surface area contributed by atoms with Gasteiger partial charge in [-0.05, 0) is 6.42 Å². The lowest BCUT2D eigenvalue weighted by Gasteiger charge is -2.35. The maximum Gasteiger partial charge on any atom is 0.134 e. The predicted molar refractivity (Wildman–Crippen MR) is 91.5 cm³/mol. The third-order valence-corrected chi connectivity index (χ3v) is 4.29. The van der Waals surface area contributed by atoms with E-state index in [4.69, 9.17) is 4.74 Å². The second kappa shape index (κ2) is 10.1. The van der Waals surface area contributed by atoms with Crippen LogP contribution < -0.4 is 10.1 Å². The molecule has 0 amide bonds. The maximum absolute atomic E-state index is 14.4. The summed E-state index contributed by atoms with van der Waals surface area (Å²) in [6, 6.07) is 2.38. The second-order valence-corrected chi connectivity index (χ2v) is 5.80. The van der Waals surface area contributed by atoms with Crippen LogP contribution in [0.25, 0.3) is 0 Å². The Morgan fingerprint density at radius 3 is 2.30 bits per heavy atom. The van der Waals surface area contributed by atoms with Crippen molar-refractivity contribution in [3.63, 3.8) is 0 Å². The molecule has 0 aromatic heterocycles. The van der Waals surface area contributed by atoms with E-state index < -0.39 is 11.6 Å². The van der Waals surface area contributed by atoms with Gasteiger partial charge in [-0.2, -0.15) is 0 Å². The quantitative estimate of drug-likeness (QED) is 0.756. The second-order valence-electron chi connectivity index (χ2n) is 5.80. The molecule has 6 heteroatoms. The summed E-state index contributed by atoms with van der Waals surface area (Å²) in [5.41, 5.74) is 0.193. The minimum absolute atomic E-state index is 0. The molecule has 1 fully saturated rings. The topological polar surface area (TPSA) is 24.5 Å². The van der Waals surface area contributed by atoms with Crippen LogP contribution in [0, 0.1) is 11.6 Å². The van der Waals surface area contributed by atoms with Gasteiger partial charge in [-0.25, -0.2) is 8.78 Å². The third kappa shape index (κ3) is 5.30. The summed E-state index contributed by atoms with van der Waals surface area (Å²) < 4.78 is 33.9. The van der Waals surface area contributed by atoms with Gasteiger partial charge in [0.15, 0.2) is 0 Å². The summed E-state index contributed by atoms with van der Waals surface area (Å²) in [6.07, 6.45) is 3.95. The third-order valence-electron chi connectivity index (χ3n) is 4.29. The average molecular weight is 349 g/mol. The van der Waals surface area contributed by atoms with Crippen molar-refractivity contribution in [1.29, 1.82) is 0 Å². The summed E-state index contributed by atoms with van der Waals surface area (Å²) in [5.74, 6) is -0.778. The number of ether oxygens (including phenoxy) is 1. The Kier molecular flexibility index (Phi) is 8.81. The van der Waals surface area contributed by atoms with E-state index in [9.17, 15) is 8.78 Å². The number of hydrogen-bond donors (Lipinski definition) is 1. The maximum atomic E-state index is 14.4. The molecule has 3 nitrogen and oxygen atoms in total. The van der Waals surface area contributed by atoms with Crippen LogP contribution in [0.15, 0.2) is 12.1 Å². The Balaban J connectivity index is 0.00000264. The molecule has 1 heterocycles. The zero-order chi connectivity index (χ0) is 15.9. The molecule has 1 aromatic rings. The van der Waals surface area contributed by atoms with Crippen LogP contribution in [0.2, 0.25) is 0 Å². The highest BCUT2D eigenvalue weighted by Crippen LogP contribution is 2.33. The van der Waals surface area contributed by atoms with E-state index in [1.165, 1.54) is 19.2 Å². The van der Waals surface area contributed by atoms with Crippen LogP contribution in [-0.4, -0.2) is 38.2 Å². The summed E-state index contributed by atoms with van der Waals surface area (Å²) in [7, 11) is 1.42. The van der Waals surface area contributed by atoms with E-state index in [1.54, 1.807) is 0 Å². The molecule has 0 bridgehead atoms. The Morgan fingerprint density at radius 1 is 1.17 bits per heavy atom. The first-order valence-electron chi connectivity index (χ1n) is 8.15. The first-order chi connectivity index (χ1) is 10.7. The van der Waals surface area contributed by atoms with Gasteiger partial charge in [-0.3, -0.25) is 4.90 Å². The minimum atomic E-state index is -0.503. The van der Waals surface area contributed by atoms with Gasteiger partial charge in [-0.15, -0.1) is 12.4 Å². The molecule has 1 saturated heterocycles. The normalized spacial score (nSPS) is 16.7. The van der Waals surface area contributed by atoms with Crippen LogP contribution in [0.4, 0.5) is 8.78 Å². The first kappa shape index (κ1) is 20.1. The number of methoxy groups -OCH3 is 1. The number of benzene rings is 1. The number of piperazine rings is 1. The number of unbranched alkanes of at least 4 members (excludes halogenated alkanes) is 2. The molecule has 0 saturated carbocycles. The van der Waals surface area contributed by atoms with Crippen molar-refractivity contribution in [3.8, 4) is 5.75 Å². The Labute approximate surface area is 143 Å². The smallest absolute Gasteiger partial charge is 0.134 e. The lowest BCUT2D eigenvalue weighted by molar-refractivity contribution is 0.156. The van der Waals surface area contributed by atoms with Gasteiger partial charge in [0.1, 0.15) is 17.4 Å². The monoisotopic (exact) mass is 348 g/mol. The molecule has 2 rings (SSSR count). The molecule has 1 atom stereocenters. The highest BCUT2D eigenvalue weighted by Gasteiger charge is 2.27. The number of halogens is 3. The van der Waals surface area contributed by atoms with Gasteiger partial charge in [0.05, 0.1) is 7.11 Å². The summed E-state index contributed by atoms with van der Waals surface area (Å²) >= 11 is 0. The van der Waals surface area contributed by atoms with Crippen molar-refractivity contribution in [2.75, 3.05) is 33.3 Å². The van der Waals surface area contributed by atoms with Gasteiger partial charge in [0.25, 0.3) is 0 Å². The fourth-order valence-corrected chi connectivity index (χ4v) is 3.09. The Hall–Kier alpha value is -0.910. The number of hydrogen-bond acceptors (Lipinski definition) is 3. The highest BCUT2D eigenvalue weighted by atomic mass is 35.5. The molecule has 23 heavy (non-hydrogen) atoms. The Morgan fingerprint density at radius 2 is 1.78 bits per heavy atom. The van der Waals surface area contributed by atoms with Gasteiger partial charge in [0, 0.05) is 49.9 Å². The first-order valence-corrected chi connectivity index (χ1v) is 8.15. The molecular formula is C17H27ClF2N2O. The molecule has 0 unspecified atom stereocenters. The summed E-state index contributed by atoms with van der Waals surface area (Å²) in [6.45, 7) is 5.51. The SMILES string of the molecule is CCCCC[C@@H](c1c(F)cc(OC)cc1F)N1CCNCC1.Cl. The van der Waals surface area contributed by atoms with E-state index in [0.29, 0.717) is 0 Å². The van der Waals surface area contributed by atoms with Gasteiger partial charge in [-0.1, -0.05) is 26.2 Å². The van der Waals surface area contributed by atoms with E-state index in [0.717, 1.165) is 51.9 Å². The van der Waals surface area contributed by atoms with Crippen molar-refractivity contribution in [2.45, 2.75) is 38.6 Å². The van der Waals surface area contributed by atoms with Crippen molar-refractivity contribution >= 4 is 12.4 Å². The fraction of sp³-hybridized carbons (Fsp3) is 0.647. The molecule has 1 aliphatic heterocycles. The molecule has 132 valence electrons. The van der Waals surface area contributed by atoms with Crippen LogP contribution >= 0.6 is 12.4 Å². The molecule has 1 aliphatic rings. The van der Waals surface area contributed by atoms with Gasteiger partial charge >= 0.3 is 0 Å². The van der Waals surface area contributed by atoms with Crippen molar-refractivity contribution in [2.24, 2.45) is 0 Å². The minimum Gasteiger partial charge on any atom is -0.497 e. The van der Waals surface area contributed by atoms with Gasteiger partial charge in [0.2, 0.25) is 0 Å². The van der Waals surface area contributed by atoms with E-state index >= 15 is 0 Å². The summed E-state index contributed by atoms with van der Waals surface area (Å²) in [4.78, 5) is 2.19. The fourth-order valence-electron chi connectivity index (χ4n) is 3.09. The summed E-state index contributed by atoms with van der Waals surface area (Å²) in [5, 5.41) is 3.29. The van der Waals surface area contributed by atoms with E-state index in [-0.39, 0.29) is 29.8 Å². The predicted octanol–water partition coefficient (Wildman–Crippen LogP) is 3.92. The molecule has 0 radical (unpaired) electrons. The van der Waals surface area contributed by atoms with E-state index in [1.807, 2.05) is 0 Å². The van der Waals surface area contributed by atoms with Crippen molar-refractivity contribution < 1.29 is 13.5 Å². The lowest BCUT2D eigenvalue weighted by Crippen LogP contribution is -2.45. The molecule has 0 aliphatic carbocycles. The van der Waals surface area contributed by atoms with Crippen molar-refractivity contribution in [1.82, 2.24) is 10.2 Å². The van der Waals surface area contributed by atoms with Crippen LogP contribution in [-0.2, 0) is 0 Å². The van der Waals surface area contributed by atoms with Gasteiger partial charge < -0.3 is 10.1 Å². The zero-order valence-electron chi connectivity index (χ0n) is 13.9. The lowest BCUT2D eigenvalue weighted by atomic mass is 9.97. The molecule has 1 aromatic carbocycles. The largest absolute Gasteiger partial charge is 0.497 e. The molecule has 1 N–H and O–H groups in total.